The van der Waals surface area contributed by atoms with E-state index in [4.69, 9.17) is 4.55 Å². The van der Waals surface area contributed by atoms with Crippen molar-refractivity contribution in [3.63, 3.8) is 0 Å². The lowest BCUT2D eigenvalue weighted by Crippen LogP contribution is -2.12. The van der Waals surface area contributed by atoms with E-state index in [1.165, 1.54) is 6.20 Å². The smallest absolute Gasteiger partial charge is 0.264 e. The van der Waals surface area contributed by atoms with Crippen LogP contribution in [0.5, 0.6) is 0 Å². The molecule has 0 unspecified atom stereocenters. The van der Waals surface area contributed by atoms with Crippen LogP contribution in [-0.4, -0.2) is 25.3 Å². The van der Waals surface area contributed by atoms with E-state index in [9.17, 15) is 8.42 Å². The Balaban J connectivity index is 3.29. The van der Waals surface area contributed by atoms with Gasteiger partial charge in [-0.1, -0.05) is 6.58 Å². The summed E-state index contributed by atoms with van der Waals surface area (Å²) in [6, 6.07) is 0. The third kappa shape index (κ3) is 7.45. The normalized spacial score (nSPS) is 10.9. The van der Waals surface area contributed by atoms with Crippen LogP contribution in [0.2, 0.25) is 0 Å². The molecule has 0 aromatic heterocycles. The van der Waals surface area contributed by atoms with Gasteiger partial charge in [0.1, 0.15) is 0 Å². The van der Waals surface area contributed by atoms with Gasteiger partial charge < -0.3 is 5.32 Å². The molecule has 0 radical (unpaired) electrons. The fraction of sp³-hybridized carbons (Fsp3) is 0.600. The first-order valence-corrected chi connectivity index (χ1v) is 4.46. The maximum absolute atomic E-state index is 10.1. The molecule has 0 amide bonds. The lowest BCUT2D eigenvalue weighted by Gasteiger charge is -1.96. The second-order valence-electron chi connectivity index (χ2n) is 1.80. The van der Waals surface area contributed by atoms with Crippen LogP contribution in [0.3, 0.4) is 0 Å². The largest absolute Gasteiger partial charge is 0.391 e. The molecule has 0 heterocycles. The molecule has 0 aliphatic rings. The van der Waals surface area contributed by atoms with Gasteiger partial charge in [-0.25, -0.2) is 0 Å². The second kappa shape index (κ2) is 4.29. The molecule has 0 rings (SSSR count). The van der Waals surface area contributed by atoms with Crippen molar-refractivity contribution in [2.24, 2.45) is 0 Å². The summed E-state index contributed by atoms with van der Waals surface area (Å²) in [5.41, 5.74) is 0. The average Bonchev–Trinajstić information content (AvgIpc) is 1.78. The van der Waals surface area contributed by atoms with Crippen molar-refractivity contribution in [1.82, 2.24) is 5.32 Å². The van der Waals surface area contributed by atoms with Crippen molar-refractivity contribution in [2.75, 3.05) is 12.3 Å². The molecular weight excluding hydrogens is 154 g/mol. The maximum atomic E-state index is 10.1. The fourth-order valence-electron chi connectivity index (χ4n) is 0.459. The number of hydrogen-bond acceptors (Lipinski definition) is 3. The Bertz CT molecular complexity index is 185. The molecular formula is C5H11NO3S. The van der Waals surface area contributed by atoms with E-state index < -0.39 is 10.1 Å². The van der Waals surface area contributed by atoms with Crippen molar-refractivity contribution in [3.05, 3.63) is 12.8 Å². The topological polar surface area (TPSA) is 66.4 Å². The van der Waals surface area contributed by atoms with Crippen LogP contribution in [0.15, 0.2) is 12.8 Å². The molecule has 0 aromatic rings. The molecule has 0 fully saturated rings. The average molecular weight is 165 g/mol. The molecule has 0 saturated carbocycles. The first kappa shape index (κ1) is 9.45. The molecule has 0 aliphatic carbocycles. The van der Waals surface area contributed by atoms with Gasteiger partial charge in [0.15, 0.2) is 0 Å². The van der Waals surface area contributed by atoms with E-state index in [0.717, 1.165) is 0 Å². The highest BCUT2D eigenvalue weighted by Crippen LogP contribution is 1.85. The van der Waals surface area contributed by atoms with E-state index >= 15 is 0 Å². The van der Waals surface area contributed by atoms with Gasteiger partial charge in [0.25, 0.3) is 10.1 Å². The molecule has 0 aliphatic heterocycles. The summed E-state index contributed by atoms with van der Waals surface area (Å²) in [6.45, 7) is 3.89. The standard InChI is InChI=1S/C5H11NO3S/c1-2-6-4-3-5-10(7,8)9/h2,6H,1,3-5H2,(H,7,8,9). The van der Waals surface area contributed by atoms with Crippen LogP contribution in [0.4, 0.5) is 0 Å². The van der Waals surface area contributed by atoms with Crippen LogP contribution in [0, 0.1) is 0 Å². The first-order valence-electron chi connectivity index (χ1n) is 2.86. The van der Waals surface area contributed by atoms with E-state index in [-0.39, 0.29) is 5.75 Å². The van der Waals surface area contributed by atoms with Gasteiger partial charge in [-0.3, -0.25) is 4.55 Å². The number of hydrogen-bond donors (Lipinski definition) is 2. The van der Waals surface area contributed by atoms with Crippen molar-refractivity contribution in [2.45, 2.75) is 6.42 Å². The number of rotatable bonds is 5. The van der Waals surface area contributed by atoms with E-state index in [1.54, 1.807) is 0 Å². The fourth-order valence-corrected chi connectivity index (χ4v) is 0.968. The SMILES string of the molecule is C=CNCCCS(=O)(=O)O. The molecule has 2 N–H and O–H groups in total. The molecule has 0 saturated heterocycles. The Morgan fingerprint density at radius 2 is 2.20 bits per heavy atom. The van der Waals surface area contributed by atoms with Crippen LogP contribution in [-0.2, 0) is 10.1 Å². The predicted octanol–water partition coefficient (Wildman–Crippen LogP) is -0.00260. The second-order valence-corrected chi connectivity index (χ2v) is 3.37. The molecule has 60 valence electrons. The molecule has 0 atom stereocenters. The zero-order valence-corrected chi connectivity index (χ0v) is 6.39. The maximum Gasteiger partial charge on any atom is 0.264 e. The Morgan fingerprint density at radius 1 is 1.60 bits per heavy atom. The van der Waals surface area contributed by atoms with E-state index in [1.807, 2.05) is 0 Å². The van der Waals surface area contributed by atoms with E-state index in [2.05, 4.69) is 11.9 Å². The highest BCUT2D eigenvalue weighted by molar-refractivity contribution is 7.85. The Labute approximate surface area is 60.7 Å². The predicted molar refractivity (Wildman–Crippen MR) is 39.2 cm³/mol. The minimum Gasteiger partial charge on any atom is -0.391 e. The Kier molecular flexibility index (Phi) is 4.06. The van der Waals surface area contributed by atoms with Crippen molar-refractivity contribution >= 4 is 10.1 Å². The van der Waals surface area contributed by atoms with Gasteiger partial charge in [-0.2, -0.15) is 8.42 Å². The van der Waals surface area contributed by atoms with Gasteiger partial charge in [0.2, 0.25) is 0 Å². The highest BCUT2D eigenvalue weighted by Gasteiger charge is 2.01. The summed E-state index contributed by atoms with van der Waals surface area (Å²) in [7, 11) is -3.78. The monoisotopic (exact) mass is 165 g/mol. The summed E-state index contributed by atoms with van der Waals surface area (Å²) in [5, 5.41) is 2.71. The number of nitrogens with one attached hydrogen (secondary N) is 1. The molecule has 10 heavy (non-hydrogen) atoms. The summed E-state index contributed by atoms with van der Waals surface area (Å²) in [6.07, 6.45) is 1.87. The summed E-state index contributed by atoms with van der Waals surface area (Å²) < 4.78 is 28.4. The summed E-state index contributed by atoms with van der Waals surface area (Å²) >= 11 is 0. The van der Waals surface area contributed by atoms with Crippen LogP contribution >= 0.6 is 0 Å². The Hall–Kier alpha value is -0.550. The lowest BCUT2D eigenvalue weighted by atomic mass is 10.5. The molecule has 5 heteroatoms. The van der Waals surface area contributed by atoms with Crippen molar-refractivity contribution in [1.29, 1.82) is 0 Å². The molecule has 4 nitrogen and oxygen atoms in total. The van der Waals surface area contributed by atoms with Gasteiger partial charge in [-0.15, -0.1) is 0 Å². The highest BCUT2D eigenvalue weighted by atomic mass is 32.2. The first-order chi connectivity index (χ1) is 4.56. The van der Waals surface area contributed by atoms with Gasteiger partial charge in [0, 0.05) is 6.54 Å². The summed E-state index contributed by atoms with van der Waals surface area (Å²) in [4.78, 5) is 0. The zero-order chi connectivity index (χ0) is 8.04. The zero-order valence-electron chi connectivity index (χ0n) is 5.58. The third-order valence-corrected chi connectivity index (χ3v) is 1.67. The van der Waals surface area contributed by atoms with Crippen LogP contribution < -0.4 is 5.32 Å². The quantitative estimate of drug-likeness (QED) is 0.444. The van der Waals surface area contributed by atoms with Gasteiger partial charge >= 0.3 is 0 Å². The van der Waals surface area contributed by atoms with Crippen molar-refractivity contribution < 1.29 is 13.0 Å². The molecule has 0 bridgehead atoms. The van der Waals surface area contributed by atoms with Crippen molar-refractivity contribution in [3.8, 4) is 0 Å². The van der Waals surface area contributed by atoms with Gasteiger partial charge in [0.05, 0.1) is 5.75 Å². The molecule has 0 spiro atoms. The summed E-state index contributed by atoms with van der Waals surface area (Å²) in [5.74, 6) is -0.201. The third-order valence-electron chi connectivity index (χ3n) is 0.868. The van der Waals surface area contributed by atoms with Gasteiger partial charge in [-0.05, 0) is 12.6 Å². The minimum atomic E-state index is -3.78. The van der Waals surface area contributed by atoms with Crippen LogP contribution in [0.1, 0.15) is 6.42 Å². The van der Waals surface area contributed by atoms with E-state index in [0.29, 0.717) is 13.0 Å². The van der Waals surface area contributed by atoms with Crippen LogP contribution in [0.25, 0.3) is 0 Å². The molecule has 0 aromatic carbocycles. The minimum absolute atomic E-state index is 0.201. The Morgan fingerprint density at radius 3 is 2.60 bits per heavy atom. The lowest BCUT2D eigenvalue weighted by molar-refractivity contribution is 0.480.